The second-order valence-corrected chi connectivity index (χ2v) is 5.36. The van der Waals surface area contributed by atoms with E-state index in [1.54, 1.807) is 40.6 Å². The summed E-state index contributed by atoms with van der Waals surface area (Å²) in [7, 11) is 1.82. The van der Waals surface area contributed by atoms with E-state index in [2.05, 4.69) is 15.0 Å². The highest BCUT2D eigenvalue weighted by atomic mass is 16.3. The quantitative estimate of drug-likeness (QED) is 0.851. The Kier molecular flexibility index (Phi) is 3.66. The van der Waals surface area contributed by atoms with Crippen molar-refractivity contribution in [2.45, 2.75) is 12.5 Å². The number of imidazole rings is 1. The number of nitrogens with zero attached hydrogens (tertiary/aromatic N) is 5. The predicted molar refractivity (Wildman–Crippen MR) is 74.3 cm³/mol. The summed E-state index contributed by atoms with van der Waals surface area (Å²) in [5.74, 6) is -0.161. The molecular weight excluding hydrogens is 270 g/mol. The number of aryl methyl sites for hydroxylation is 1. The highest BCUT2D eigenvalue weighted by Gasteiger charge is 2.35. The van der Waals surface area contributed by atoms with Crippen LogP contribution < -0.4 is 0 Å². The second kappa shape index (κ2) is 5.61. The zero-order valence-electron chi connectivity index (χ0n) is 11.8. The van der Waals surface area contributed by atoms with Crippen molar-refractivity contribution in [3.8, 4) is 0 Å². The molecule has 1 aliphatic rings. The lowest BCUT2D eigenvalue weighted by atomic mass is 10.0. The molecule has 0 aromatic carbocycles. The van der Waals surface area contributed by atoms with Crippen LogP contribution in [0.25, 0.3) is 0 Å². The number of hydrogen-bond acceptors (Lipinski definition) is 5. The molecule has 1 amide bonds. The molecule has 0 saturated carbocycles. The van der Waals surface area contributed by atoms with Gasteiger partial charge in [-0.3, -0.25) is 14.8 Å². The molecule has 7 nitrogen and oxygen atoms in total. The first-order valence-corrected chi connectivity index (χ1v) is 6.83. The van der Waals surface area contributed by atoms with Gasteiger partial charge in [-0.05, 0) is 6.42 Å². The van der Waals surface area contributed by atoms with Gasteiger partial charge in [0.1, 0.15) is 5.69 Å². The Morgan fingerprint density at radius 1 is 1.38 bits per heavy atom. The zero-order valence-corrected chi connectivity index (χ0v) is 11.8. The molecule has 0 aliphatic carbocycles. The van der Waals surface area contributed by atoms with Gasteiger partial charge in [-0.15, -0.1) is 0 Å². The van der Waals surface area contributed by atoms with Crippen molar-refractivity contribution >= 4 is 5.91 Å². The Balaban J connectivity index is 1.67. The summed E-state index contributed by atoms with van der Waals surface area (Å²) in [6, 6.07) is 0. The summed E-state index contributed by atoms with van der Waals surface area (Å²) < 4.78 is 1.73. The molecule has 1 aliphatic heterocycles. The molecule has 0 radical (unpaired) electrons. The van der Waals surface area contributed by atoms with Crippen molar-refractivity contribution in [2.75, 3.05) is 13.1 Å². The predicted octanol–water partition coefficient (Wildman–Crippen LogP) is -0.114. The number of aliphatic hydroxyl groups excluding tert-OH is 1. The lowest BCUT2D eigenvalue weighted by molar-refractivity contribution is 0.0759. The fourth-order valence-electron chi connectivity index (χ4n) is 2.61. The lowest BCUT2D eigenvalue weighted by Gasteiger charge is -2.14. The number of amides is 1. The van der Waals surface area contributed by atoms with E-state index in [-0.39, 0.29) is 11.8 Å². The van der Waals surface area contributed by atoms with Gasteiger partial charge in [-0.2, -0.15) is 0 Å². The molecule has 7 heteroatoms. The molecule has 2 aromatic heterocycles. The number of carbonyl (C=O) groups is 1. The first-order chi connectivity index (χ1) is 10.1. The van der Waals surface area contributed by atoms with E-state index < -0.39 is 6.10 Å². The van der Waals surface area contributed by atoms with Crippen molar-refractivity contribution < 1.29 is 9.90 Å². The fourth-order valence-corrected chi connectivity index (χ4v) is 2.61. The zero-order chi connectivity index (χ0) is 14.8. The van der Waals surface area contributed by atoms with Crippen LogP contribution in [-0.4, -0.2) is 54.6 Å². The standard InChI is InChI=1S/C14H17N5O2/c1-18-7-12(17-9-18)14(21)19-6-10(13(20)8-19)4-11-5-15-2-3-16-11/h2-3,5,7,9-10,13,20H,4,6,8H2,1H3/t10-,13-/m1/s1. The SMILES string of the molecule is Cn1cnc(C(=O)N2C[C@@H](Cc3cnccn3)[C@H](O)C2)c1. The minimum Gasteiger partial charge on any atom is -0.391 e. The van der Waals surface area contributed by atoms with Gasteiger partial charge in [0.25, 0.3) is 5.91 Å². The van der Waals surface area contributed by atoms with E-state index in [0.29, 0.717) is 25.2 Å². The van der Waals surface area contributed by atoms with Crippen LogP contribution >= 0.6 is 0 Å². The summed E-state index contributed by atoms with van der Waals surface area (Å²) in [5.41, 5.74) is 1.23. The van der Waals surface area contributed by atoms with Gasteiger partial charge in [0.2, 0.25) is 0 Å². The smallest absolute Gasteiger partial charge is 0.274 e. The normalized spacial score (nSPS) is 21.7. The Hall–Kier alpha value is -2.28. The number of β-amino-alcohol motifs (C(OH)–C–C–N with tert-alkyl or cyclic N) is 1. The molecule has 1 fully saturated rings. The molecule has 110 valence electrons. The molecular formula is C14H17N5O2. The largest absolute Gasteiger partial charge is 0.391 e. The third-order valence-electron chi connectivity index (χ3n) is 3.71. The number of aliphatic hydroxyl groups is 1. The maximum atomic E-state index is 12.3. The Morgan fingerprint density at radius 2 is 2.24 bits per heavy atom. The number of carbonyl (C=O) groups excluding carboxylic acids is 1. The van der Waals surface area contributed by atoms with Crippen LogP contribution in [0, 0.1) is 5.92 Å². The first kappa shape index (κ1) is 13.7. The fraction of sp³-hybridized carbons (Fsp3) is 0.429. The second-order valence-electron chi connectivity index (χ2n) is 5.36. The number of hydrogen-bond donors (Lipinski definition) is 1. The van der Waals surface area contributed by atoms with E-state index in [0.717, 1.165) is 5.69 Å². The van der Waals surface area contributed by atoms with Gasteiger partial charge in [0, 0.05) is 50.8 Å². The highest BCUT2D eigenvalue weighted by Crippen LogP contribution is 2.22. The van der Waals surface area contributed by atoms with Crippen LogP contribution in [0.15, 0.2) is 31.1 Å². The molecule has 1 N–H and O–H groups in total. The van der Waals surface area contributed by atoms with Gasteiger partial charge in [0.05, 0.1) is 18.1 Å². The van der Waals surface area contributed by atoms with Gasteiger partial charge in [-0.25, -0.2) is 4.98 Å². The van der Waals surface area contributed by atoms with E-state index in [4.69, 9.17) is 0 Å². The van der Waals surface area contributed by atoms with Crippen LogP contribution in [0.5, 0.6) is 0 Å². The third-order valence-corrected chi connectivity index (χ3v) is 3.71. The Labute approximate surface area is 122 Å². The Bertz CT molecular complexity index is 627. The van der Waals surface area contributed by atoms with Crippen LogP contribution in [0.3, 0.4) is 0 Å². The molecule has 2 aromatic rings. The monoisotopic (exact) mass is 287 g/mol. The number of aromatic nitrogens is 4. The van der Waals surface area contributed by atoms with Gasteiger partial charge < -0.3 is 14.6 Å². The maximum Gasteiger partial charge on any atom is 0.274 e. The summed E-state index contributed by atoms with van der Waals surface area (Å²) in [6.45, 7) is 0.841. The van der Waals surface area contributed by atoms with Crippen LogP contribution in [0.2, 0.25) is 0 Å². The summed E-state index contributed by atoms with van der Waals surface area (Å²) >= 11 is 0. The lowest BCUT2D eigenvalue weighted by Crippen LogP contribution is -2.29. The molecule has 0 spiro atoms. The minimum absolute atomic E-state index is 0.0191. The molecule has 2 atom stereocenters. The number of likely N-dealkylation sites (tertiary alicyclic amines) is 1. The van der Waals surface area contributed by atoms with Crippen molar-refractivity contribution in [3.05, 3.63) is 42.5 Å². The first-order valence-electron chi connectivity index (χ1n) is 6.83. The van der Waals surface area contributed by atoms with E-state index in [1.165, 1.54) is 0 Å². The van der Waals surface area contributed by atoms with Gasteiger partial charge in [0.15, 0.2) is 0 Å². The summed E-state index contributed by atoms with van der Waals surface area (Å²) in [4.78, 5) is 26.3. The van der Waals surface area contributed by atoms with Crippen molar-refractivity contribution in [1.82, 2.24) is 24.4 Å². The maximum absolute atomic E-state index is 12.3. The van der Waals surface area contributed by atoms with Crippen molar-refractivity contribution in [1.29, 1.82) is 0 Å². The van der Waals surface area contributed by atoms with Gasteiger partial charge >= 0.3 is 0 Å². The summed E-state index contributed by atoms with van der Waals surface area (Å²) in [5, 5.41) is 10.2. The molecule has 3 rings (SSSR count). The van der Waals surface area contributed by atoms with Crippen LogP contribution in [0.4, 0.5) is 0 Å². The van der Waals surface area contributed by atoms with Gasteiger partial charge in [-0.1, -0.05) is 0 Å². The van der Waals surface area contributed by atoms with E-state index >= 15 is 0 Å². The molecule has 1 saturated heterocycles. The average Bonchev–Trinajstić information content (AvgIpc) is 3.06. The highest BCUT2D eigenvalue weighted by molar-refractivity contribution is 5.92. The molecule has 21 heavy (non-hydrogen) atoms. The average molecular weight is 287 g/mol. The van der Waals surface area contributed by atoms with E-state index in [1.807, 2.05) is 7.05 Å². The van der Waals surface area contributed by atoms with Crippen molar-refractivity contribution in [3.63, 3.8) is 0 Å². The van der Waals surface area contributed by atoms with E-state index in [9.17, 15) is 9.90 Å². The molecule has 3 heterocycles. The van der Waals surface area contributed by atoms with Crippen LogP contribution in [0.1, 0.15) is 16.2 Å². The van der Waals surface area contributed by atoms with Crippen molar-refractivity contribution in [2.24, 2.45) is 13.0 Å². The van der Waals surface area contributed by atoms with Crippen LogP contribution in [-0.2, 0) is 13.5 Å². The molecule has 0 bridgehead atoms. The number of rotatable bonds is 3. The topological polar surface area (TPSA) is 84.1 Å². The molecule has 0 unspecified atom stereocenters. The Morgan fingerprint density at radius 3 is 2.90 bits per heavy atom. The summed E-state index contributed by atoms with van der Waals surface area (Å²) in [6.07, 6.45) is 8.29. The minimum atomic E-state index is -0.542. The third kappa shape index (κ3) is 2.92.